The zero-order chi connectivity index (χ0) is 13.1. The quantitative estimate of drug-likeness (QED) is 0.901. The van der Waals surface area contributed by atoms with Crippen LogP contribution in [0, 0.1) is 5.41 Å². The maximum Gasteiger partial charge on any atom is 0.0424 e. The smallest absolute Gasteiger partial charge is 0.0424 e. The fourth-order valence-electron chi connectivity index (χ4n) is 3.92. The van der Waals surface area contributed by atoms with E-state index in [2.05, 4.69) is 35.2 Å². The van der Waals surface area contributed by atoms with E-state index in [4.69, 9.17) is 5.73 Å². The van der Waals surface area contributed by atoms with E-state index in [1.165, 1.54) is 57.2 Å². The average Bonchev–Trinajstić information content (AvgIpc) is 2.91. The number of hydrogen-bond donors (Lipinski definition) is 1. The van der Waals surface area contributed by atoms with Gasteiger partial charge in [0.05, 0.1) is 0 Å². The predicted molar refractivity (Wildman–Crippen MR) is 79.9 cm³/mol. The Morgan fingerprint density at radius 2 is 1.63 bits per heavy atom. The molecule has 1 atom stereocenters. The lowest BCUT2D eigenvalue weighted by atomic mass is 9.77. The number of nitrogens with two attached hydrogens (primary N) is 1. The number of piperidine rings is 1. The van der Waals surface area contributed by atoms with E-state index in [9.17, 15) is 0 Å². The predicted octanol–water partition coefficient (Wildman–Crippen LogP) is 3.34. The largest absolute Gasteiger partial charge is 0.323 e. The molecule has 1 unspecified atom stereocenters. The molecule has 104 valence electrons. The van der Waals surface area contributed by atoms with Gasteiger partial charge >= 0.3 is 0 Å². The second-order valence-corrected chi connectivity index (χ2v) is 6.52. The molecular formula is C17H26N2. The molecule has 1 aromatic rings. The molecule has 0 amide bonds. The highest BCUT2D eigenvalue weighted by Crippen LogP contribution is 2.46. The Kier molecular flexibility index (Phi) is 3.90. The molecule has 3 rings (SSSR count). The van der Waals surface area contributed by atoms with Crippen LogP contribution in [0.1, 0.15) is 50.1 Å². The topological polar surface area (TPSA) is 29.3 Å². The average molecular weight is 258 g/mol. The van der Waals surface area contributed by atoms with Gasteiger partial charge in [0.25, 0.3) is 0 Å². The fourth-order valence-corrected chi connectivity index (χ4v) is 3.92. The van der Waals surface area contributed by atoms with Gasteiger partial charge in [-0.15, -0.1) is 0 Å². The van der Waals surface area contributed by atoms with Gasteiger partial charge in [0, 0.05) is 12.6 Å². The van der Waals surface area contributed by atoms with Crippen LogP contribution in [0.4, 0.5) is 0 Å². The molecule has 0 bridgehead atoms. The highest BCUT2D eigenvalue weighted by molar-refractivity contribution is 5.18. The fraction of sp³-hybridized carbons (Fsp3) is 0.647. The van der Waals surface area contributed by atoms with Crippen molar-refractivity contribution in [3.05, 3.63) is 35.9 Å². The molecule has 2 nitrogen and oxygen atoms in total. The van der Waals surface area contributed by atoms with Crippen LogP contribution < -0.4 is 5.73 Å². The Morgan fingerprint density at radius 1 is 1.00 bits per heavy atom. The molecule has 1 aliphatic carbocycles. The summed E-state index contributed by atoms with van der Waals surface area (Å²) in [6.07, 6.45) is 8.67. The summed E-state index contributed by atoms with van der Waals surface area (Å²) in [5.74, 6) is 0. The van der Waals surface area contributed by atoms with Crippen molar-refractivity contribution in [2.24, 2.45) is 11.1 Å². The van der Waals surface area contributed by atoms with Crippen molar-refractivity contribution in [3.8, 4) is 0 Å². The van der Waals surface area contributed by atoms with Gasteiger partial charge in [-0.1, -0.05) is 43.2 Å². The Bertz CT molecular complexity index is 385. The van der Waals surface area contributed by atoms with Gasteiger partial charge in [-0.3, -0.25) is 0 Å². The monoisotopic (exact) mass is 258 g/mol. The molecule has 0 aromatic heterocycles. The van der Waals surface area contributed by atoms with Crippen molar-refractivity contribution in [2.75, 3.05) is 19.6 Å². The van der Waals surface area contributed by atoms with Crippen LogP contribution in [0.25, 0.3) is 0 Å². The van der Waals surface area contributed by atoms with Crippen LogP contribution >= 0.6 is 0 Å². The maximum absolute atomic E-state index is 6.33. The van der Waals surface area contributed by atoms with E-state index >= 15 is 0 Å². The van der Waals surface area contributed by atoms with Crippen LogP contribution in [-0.4, -0.2) is 24.5 Å². The SMILES string of the molecule is NC(CN1CCC2(CCCC2)CC1)c1ccccc1. The zero-order valence-electron chi connectivity index (χ0n) is 11.9. The molecule has 0 radical (unpaired) electrons. The number of benzene rings is 1. The summed E-state index contributed by atoms with van der Waals surface area (Å²) in [5, 5.41) is 0. The van der Waals surface area contributed by atoms with Crippen molar-refractivity contribution in [1.82, 2.24) is 4.90 Å². The second-order valence-electron chi connectivity index (χ2n) is 6.52. The lowest BCUT2D eigenvalue weighted by Gasteiger charge is -2.40. The summed E-state index contributed by atoms with van der Waals surface area (Å²) in [7, 11) is 0. The summed E-state index contributed by atoms with van der Waals surface area (Å²) in [5.41, 5.74) is 8.31. The lowest BCUT2D eigenvalue weighted by Crippen LogP contribution is -2.42. The maximum atomic E-state index is 6.33. The molecule has 19 heavy (non-hydrogen) atoms. The number of hydrogen-bond acceptors (Lipinski definition) is 2. The first-order valence-corrected chi connectivity index (χ1v) is 7.80. The van der Waals surface area contributed by atoms with Crippen molar-refractivity contribution in [1.29, 1.82) is 0 Å². The minimum atomic E-state index is 0.166. The van der Waals surface area contributed by atoms with E-state index in [1.807, 2.05) is 0 Å². The van der Waals surface area contributed by atoms with Crippen LogP contribution in [0.5, 0.6) is 0 Å². The zero-order valence-corrected chi connectivity index (χ0v) is 11.9. The van der Waals surface area contributed by atoms with Crippen LogP contribution in [0.2, 0.25) is 0 Å². The minimum absolute atomic E-state index is 0.166. The second kappa shape index (κ2) is 5.64. The molecule has 2 aliphatic rings. The Morgan fingerprint density at radius 3 is 2.26 bits per heavy atom. The van der Waals surface area contributed by atoms with E-state index < -0.39 is 0 Å². The standard InChI is InChI=1S/C17H26N2/c18-16(15-6-2-1-3-7-15)14-19-12-10-17(11-13-19)8-4-5-9-17/h1-3,6-7,16H,4-5,8-14,18H2. The van der Waals surface area contributed by atoms with E-state index in [-0.39, 0.29) is 6.04 Å². The van der Waals surface area contributed by atoms with Crippen molar-refractivity contribution in [3.63, 3.8) is 0 Å². The first kappa shape index (κ1) is 13.1. The third-order valence-corrected chi connectivity index (χ3v) is 5.26. The molecule has 2 fully saturated rings. The number of nitrogens with zero attached hydrogens (tertiary/aromatic N) is 1. The first-order chi connectivity index (χ1) is 9.27. The molecular weight excluding hydrogens is 232 g/mol. The summed E-state index contributed by atoms with van der Waals surface area (Å²) in [6.45, 7) is 3.52. The Labute approximate surface area is 117 Å². The van der Waals surface area contributed by atoms with Crippen LogP contribution in [-0.2, 0) is 0 Å². The van der Waals surface area contributed by atoms with E-state index in [0.29, 0.717) is 5.41 Å². The van der Waals surface area contributed by atoms with Crippen molar-refractivity contribution in [2.45, 2.75) is 44.6 Å². The molecule has 2 heteroatoms. The molecule has 1 spiro atoms. The molecule has 1 aromatic carbocycles. The summed E-state index contributed by atoms with van der Waals surface area (Å²) in [6, 6.07) is 10.7. The Balaban J connectivity index is 1.52. The Hall–Kier alpha value is -0.860. The third-order valence-electron chi connectivity index (χ3n) is 5.26. The van der Waals surface area contributed by atoms with Gasteiger partial charge in [0.15, 0.2) is 0 Å². The van der Waals surface area contributed by atoms with Gasteiger partial charge in [-0.25, -0.2) is 0 Å². The lowest BCUT2D eigenvalue weighted by molar-refractivity contribution is 0.104. The first-order valence-electron chi connectivity index (χ1n) is 7.80. The van der Waals surface area contributed by atoms with Gasteiger partial charge in [0.2, 0.25) is 0 Å². The highest BCUT2D eigenvalue weighted by Gasteiger charge is 2.36. The van der Waals surface area contributed by atoms with Crippen molar-refractivity contribution < 1.29 is 0 Å². The van der Waals surface area contributed by atoms with Crippen LogP contribution in [0.3, 0.4) is 0 Å². The van der Waals surface area contributed by atoms with Gasteiger partial charge in [0.1, 0.15) is 0 Å². The van der Waals surface area contributed by atoms with E-state index in [0.717, 1.165) is 6.54 Å². The molecule has 1 saturated carbocycles. The third kappa shape index (κ3) is 3.01. The molecule has 1 heterocycles. The normalized spacial score (nSPS) is 24.7. The van der Waals surface area contributed by atoms with Gasteiger partial charge < -0.3 is 10.6 Å². The van der Waals surface area contributed by atoms with Gasteiger partial charge in [-0.05, 0) is 49.8 Å². The number of likely N-dealkylation sites (tertiary alicyclic amines) is 1. The summed E-state index contributed by atoms with van der Waals surface area (Å²) < 4.78 is 0. The molecule has 1 saturated heterocycles. The minimum Gasteiger partial charge on any atom is -0.323 e. The van der Waals surface area contributed by atoms with Crippen LogP contribution in [0.15, 0.2) is 30.3 Å². The van der Waals surface area contributed by atoms with E-state index in [1.54, 1.807) is 0 Å². The number of rotatable bonds is 3. The molecule has 2 N–H and O–H groups in total. The molecule has 1 aliphatic heterocycles. The highest BCUT2D eigenvalue weighted by atomic mass is 15.1. The van der Waals surface area contributed by atoms with Gasteiger partial charge in [-0.2, -0.15) is 0 Å². The van der Waals surface area contributed by atoms with Crippen molar-refractivity contribution >= 4 is 0 Å². The summed E-state index contributed by atoms with van der Waals surface area (Å²) in [4.78, 5) is 2.57. The summed E-state index contributed by atoms with van der Waals surface area (Å²) >= 11 is 0.